The van der Waals surface area contributed by atoms with E-state index in [1.807, 2.05) is 0 Å². The van der Waals surface area contributed by atoms with Gasteiger partial charge in [-0.05, 0) is 25.0 Å². The minimum Gasteiger partial charge on any atom is -0.0874 e. The number of rotatable bonds is 3. The van der Waals surface area contributed by atoms with Crippen LogP contribution in [0.4, 0.5) is 0 Å². The van der Waals surface area contributed by atoms with Gasteiger partial charge in [0.25, 0.3) is 0 Å². The molecule has 0 nitrogen and oxygen atoms in total. The second kappa shape index (κ2) is 5.43. The van der Waals surface area contributed by atoms with E-state index in [4.69, 9.17) is 0 Å². The molecule has 0 aromatic heterocycles. The number of hydrogen-bond acceptors (Lipinski definition) is 0. The van der Waals surface area contributed by atoms with Crippen LogP contribution in [0.1, 0.15) is 32.3 Å². The van der Waals surface area contributed by atoms with Crippen molar-refractivity contribution in [2.45, 2.75) is 26.7 Å². The highest BCUT2D eigenvalue weighted by Gasteiger charge is 2.06. The number of hydrogen-bond donors (Lipinski definition) is 0. The molecule has 0 bridgehead atoms. The molecule has 14 heavy (non-hydrogen) atoms. The van der Waals surface area contributed by atoms with Crippen LogP contribution < -0.4 is 0 Å². The summed E-state index contributed by atoms with van der Waals surface area (Å²) in [6.45, 7) is 6.39. The standard InChI is InChI=1S/C14H18/c1-4-9-13(5-2)12(3)14-10-7-6-8-11-14/h4-12H,1-3H3/b9-4-,13-5+. The van der Waals surface area contributed by atoms with Gasteiger partial charge in [-0.25, -0.2) is 0 Å². The van der Waals surface area contributed by atoms with Crippen LogP contribution in [-0.2, 0) is 0 Å². The zero-order valence-electron chi connectivity index (χ0n) is 9.20. The molecule has 0 aliphatic heterocycles. The second-order valence-electron chi connectivity index (χ2n) is 3.42. The molecule has 0 aliphatic rings. The minimum absolute atomic E-state index is 0.484. The summed E-state index contributed by atoms with van der Waals surface area (Å²) in [6.07, 6.45) is 6.45. The van der Waals surface area contributed by atoms with Crippen LogP contribution in [0.2, 0.25) is 0 Å². The summed E-state index contributed by atoms with van der Waals surface area (Å²) in [5, 5.41) is 0. The third-order valence-corrected chi connectivity index (χ3v) is 2.49. The van der Waals surface area contributed by atoms with Crippen LogP contribution >= 0.6 is 0 Å². The van der Waals surface area contributed by atoms with Gasteiger partial charge >= 0.3 is 0 Å². The van der Waals surface area contributed by atoms with Crippen LogP contribution in [0.15, 0.2) is 54.1 Å². The topological polar surface area (TPSA) is 0 Å². The molecule has 0 N–H and O–H groups in total. The molecule has 0 heteroatoms. The molecule has 1 rings (SSSR count). The molecule has 1 unspecified atom stereocenters. The Morgan fingerprint density at radius 2 is 1.79 bits per heavy atom. The summed E-state index contributed by atoms with van der Waals surface area (Å²) in [4.78, 5) is 0. The average molecular weight is 186 g/mol. The third-order valence-electron chi connectivity index (χ3n) is 2.49. The van der Waals surface area contributed by atoms with Gasteiger partial charge in [-0.15, -0.1) is 0 Å². The summed E-state index contributed by atoms with van der Waals surface area (Å²) in [5.74, 6) is 0.484. The quantitative estimate of drug-likeness (QED) is 0.617. The summed E-state index contributed by atoms with van der Waals surface area (Å²) >= 11 is 0. The van der Waals surface area contributed by atoms with Gasteiger partial charge in [-0.2, -0.15) is 0 Å². The normalized spacial score (nSPS) is 14.6. The van der Waals surface area contributed by atoms with Crippen molar-refractivity contribution in [1.82, 2.24) is 0 Å². The maximum absolute atomic E-state index is 2.24. The highest BCUT2D eigenvalue weighted by atomic mass is 14.1. The molecule has 0 aliphatic carbocycles. The Hall–Kier alpha value is -1.30. The molecule has 1 aromatic rings. The maximum Gasteiger partial charge on any atom is 0.00576 e. The molecule has 0 heterocycles. The molecule has 0 radical (unpaired) electrons. The van der Waals surface area contributed by atoms with E-state index in [1.165, 1.54) is 11.1 Å². The fraction of sp³-hybridized carbons (Fsp3) is 0.286. The van der Waals surface area contributed by atoms with Crippen molar-refractivity contribution in [3.05, 3.63) is 59.7 Å². The molecule has 0 saturated heterocycles. The predicted molar refractivity (Wildman–Crippen MR) is 63.4 cm³/mol. The van der Waals surface area contributed by atoms with Gasteiger partial charge in [0, 0.05) is 5.92 Å². The Bertz CT molecular complexity index is 317. The van der Waals surface area contributed by atoms with Crippen LogP contribution in [0.3, 0.4) is 0 Å². The molecular weight excluding hydrogens is 168 g/mol. The van der Waals surface area contributed by atoms with E-state index >= 15 is 0 Å². The van der Waals surface area contributed by atoms with Gasteiger partial charge in [-0.1, -0.05) is 55.5 Å². The van der Waals surface area contributed by atoms with Crippen molar-refractivity contribution in [2.24, 2.45) is 0 Å². The van der Waals surface area contributed by atoms with Crippen LogP contribution in [0.5, 0.6) is 0 Å². The monoisotopic (exact) mass is 186 g/mol. The van der Waals surface area contributed by atoms with Gasteiger partial charge in [0.05, 0.1) is 0 Å². The summed E-state index contributed by atoms with van der Waals surface area (Å²) in [7, 11) is 0. The molecule has 0 fully saturated rings. The zero-order valence-corrected chi connectivity index (χ0v) is 9.20. The van der Waals surface area contributed by atoms with E-state index in [9.17, 15) is 0 Å². The van der Waals surface area contributed by atoms with E-state index in [0.717, 1.165) is 0 Å². The van der Waals surface area contributed by atoms with Crippen LogP contribution in [0.25, 0.3) is 0 Å². The SMILES string of the molecule is C/C=C\C(=C/C)C(C)c1ccccc1. The molecule has 0 amide bonds. The smallest absolute Gasteiger partial charge is 0.00576 e. The second-order valence-corrected chi connectivity index (χ2v) is 3.42. The average Bonchev–Trinajstić information content (AvgIpc) is 2.26. The first-order chi connectivity index (χ1) is 6.79. The first kappa shape index (κ1) is 10.8. The van der Waals surface area contributed by atoms with E-state index in [-0.39, 0.29) is 0 Å². The Morgan fingerprint density at radius 3 is 2.29 bits per heavy atom. The lowest BCUT2D eigenvalue weighted by molar-refractivity contribution is 0.918. The zero-order chi connectivity index (χ0) is 10.4. The Kier molecular flexibility index (Phi) is 4.18. The first-order valence-electron chi connectivity index (χ1n) is 5.13. The van der Waals surface area contributed by atoms with Gasteiger partial charge in [0.1, 0.15) is 0 Å². The van der Waals surface area contributed by atoms with Crippen LogP contribution in [0, 0.1) is 0 Å². The lowest BCUT2D eigenvalue weighted by Gasteiger charge is -2.12. The third kappa shape index (κ3) is 2.59. The van der Waals surface area contributed by atoms with Crippen molar-refractivity contribution >= 4 is 0 Å². The summed E-state index contributed by atoms with van der Waals surface area (Å²) < 4.78 is 0. The lowest BCUT2D eigenvalue weighted by atomic mass is 9.92. The Balaban J connectivity index is 2.89. The predicted octanol–water partition coefficient (Wildman–Crippen LogP) is 4.31. The summed E-state index contributed by atoms with van der Waals surface area (Å²) in [5.41, 5.74) is 2.75. The van der Waals surface area contributed by atoms with Gasteiger partial charge < -0.3 is 0 Å². The maximum atomic E-state index is 2.24. The highest BCUT2D eigenvalue weighted by Crippen LogP contribution is 2.24. The molecule has 0 spiro atoms. The van der Waals surface area contributed by atoms with Crippen molar-refractivity contribution in [2.75, 3.05) is 0 Å². The Labute approximate surface area is 87.0 Å². The fourth-order valence-corrected chi connectivity index (χ4v) is 1.62. The van der Waals surface area contributed by atoms with Crippen LogP contribution in [-0.4, -0.2) is 0 Å². The van der Waals surface area contributed by atoms with E-state index in [1.54, 1.807) is 0 Å². The van der Waals surface area contributed by atoms with Crippen molar-refractivity contribution < 1.29 is 0 Å². The minimum atomic E-state index is 0.484. The molecular formula is C14H18. The molecule has 1 aromatic carbocycles. The van der Waals surface area contributed by atoms with E-state index in [2.05, 4.69) is 69.3 Å². The number of allylic oxidation sites excluding steroid dienone is 4. The summed E-state index contributed by atoms with van der Waals surface area (Å²) in [6, 6.07) is 10.6. The molecule has 1 atom stereocenters. The van der Waals surface area contributed by atoms with Crippen molar-refractivity contribution in [3.8, 4) is 0 Å². The van der Waals surface area contributed by atoms with E-state index < -0.39 is 0 Å². The fourth-order valence-electron chi connectivity index (χ4n) is 1.62. The first-order valence-corrected chi connectivity index (χ1v) is 5.13. The van der Waals surface area contributed by atoms with Crippen molar-refractivity contribution in [1.29, 1.82) is 0 Å². The number of benzene rings is 1. The lowest BCUT2D eigenvalue weighted by Crippen LogP contribution is -1.95. The van der Waals surface area contributed by atoms with Gasteiger partial charge in [-0.3, -0.25) is 0 Å². The van der Waals surface area contributed by atoms with E-state index in [0.29, 0.717) is 5.92 Å². The van der Waals surface area contributed by atoms with Crippen molar-refractivity contribution in [3.63, 3.8) is 0 Å². The largest absolute Gasteiger partial charge is 0.0874 e. The van der Waals surface area contributed by atoms with Gasteiger partial charge in [0.15, 0.2) is 0 Å². The molecule has 74 valence electrons. The molecule has 0 saturated carbocycles. The van der Waals surface area contributed by atoms with Gasteiger partial charge in [0.2, 0.25) is 0 Å². The highest BCUT2D eigenvalue weighted by molar-refractivity contribution is 5.33. The Morgan fingerprint density at radius 1 is 1.14 bits per heavy atom.